The lowest BCUT2D eigenvalue weighted by Gasteiger charge is -2.33. The summed E-state index contributed by atoms with van der Waals surface area (Å²) in [6.07, 6.45) is 8.09. The molecule has 0 bridgehead atoms. The van der Waals surface area contributed by atoms with Crippen molar-refractivity contribution in [2.45, 2.75) is 85.2 Å². The van der Waals surface area contributed by atoms with E-state index in [4.69, 9.17) is 30.4 Å². The summed E-state index contributed by atoms with van der Waals surface area (Å²) in [6.45, 7) is 16.3. The number of pyridine rings is 1. The smallest absolute Gasteiger partial charge is 0.319 e. The molecule has 12 nitrogen and oxygen atoms in total. The topological polar surface area (TPSA) is 145 Å². The quantitative estimate of drug-likeness (QED) is 0.250. The molecule has 302 valence electrons. The molecule has 1 amide bonds. The van der Waals surface area contributed by atoms with Crippen molar-refractivity contribution in [3.8, 4) is 6.01 Å². The van der Waals surface area contributed by atoms with Crippen LogP contribution in [0.1, 0.15) is 89.7 Å². The van der Waals surface area contributed by atoms with Gasteiger partial charge in [-0.15, -0.1) is 0 Å². The van der Waals surface area contributed by atoms with E-state index in [-0.39, 0.29) is 40.6 Å². The second-order valence-electron chi connectivity index (χ2n) is 16.5. The number of rotatable bonds is 9. The maximum Gasteiger partial charge on any atom is 0.319 e. The highest BCUT2D eigenvalue weighted by molar-refractivity contribution is 6.51. The van der Waals surface area contributed by atoms with E-state index < -0.39 is 0 Å². The first-order valence-corrected chi connectivity index (χ1v) is 20.3. The molecule has 0 saturated carbocycles. The number of H-pyrrole nitrogens is 1. The van der Waals surface area contributed by atoms with Gasteiger partial charge in [-0.05, 0) is 101 Å². The number of halogens is 1. The third-order valence-electron chi connectivity index (χ3n) is 11.7. The third kappa shape index (κ3) is 7.53. The molecule has 3 aromatic rings. The number of hydrogen-bond acceptors (Lipinski definition) is 10. The molecule has 0 radical (unpaired) electrons. The molecule has 4 aliphatic rings. The normalized spacial score (nSPS) is 23.1. The predicted octanol–water partition coefficient (Wildman–Crippen LogP) is 6.05. The first kappa shape index (κ1) is 40.0. The number of aliphatic imine (C=N–C) groups is 2. The van der Waals surface area contributed by atoms with Gasteiger partial charge in [0.1, 0.15) is 18.2 Å². The number of benzene rings is 1. The highest BCUT2D eigenvalue weighted by atomic mass is 19.1. The van der Waals surface area contributed by atoms with Crippen molar-refractivity contribution in [3.63, 3.8) is 0 Å². The van der Waals surface area contributed by atoms with Crippen molar-refractivity contribution in [2.75, 3.05) is 58.3 Å². The van der Waals surface area contributed by atoms with Crippen molar-refractivity contribution in [1.29, 1.82) is 0 Å². The summed E-state index contributed by atoms with van der Waals surface area (Å²) in [5.74, 6) is 0.615. The number of aromatic amines is 1. The second kappa shape index (κ2) is 16.0. The van der Waals surface area contributed by atoms with Gasteiger partial charge < -0.3 is 25.3 Å². The fourth-order valence-electron chi connectivity index (χ4n) is 9.32. The number of amides is 1. The van der Waals surface area contributed by atoms with Crippen LogP contribution in [0.15, 0.2) is 50.8 Å². The Morgan fingerprint density at radius 2 is 2.02 bits per heavy atom. The number of fused-ring (bicyclic) bond motifs is 3. The molecule has 2 unspecified atom stereocenters. The average Bonchev–Trinajstić information content (AvgIpc) is 3.59. The summed E-state index contributed by atoms with van der Waals surface area (Å²) >= 11 is 0. The zero-order valence-corrected chi connectivity index (χ0v) is 34.6. The van der Waals surface area contributed by atoms with Gasteiger partial charge in [0.15, 0.2) is 0 Å². The standard InChI is InChI=1S/C44H56FN9O3/c1-9-30-32(45)14-13-28-19-34(55)49-40(36(28)30)35-27(6)38-37(31(10-2)39(35)48-25(3)4)41(53-17-12-16-47-29(23-53)20-33(46)42(56)52(7)8)51-43(50-38)57-24-44-15-11-18-54(44)22-26(5)21-44/h10,13-14,19-20,25-26H,9,11-12,15-18,21-24,46H2,1-8H3,(H,49,55)/b31-10-,33-20-,48-39?. The summed E-state index contributed by atoms with van der Waals surface area (Å²) in [4.78, 5) is 56.0. The molecule has 2 aromatic heterocycles. The minimum atomic E-state index is -0.330. The number of aryl methyl sites for hydroxylation is 1. The molecule has 7 rings (SSSR count). The van der Waals surface area contributed by atoms with Crippen LogP contribution in [0.5, 0.6) is 6.01 Å². The van der Waals surface area contributed by atoms with Crippen molar-refractivity contribution < 1.29 is 13.9 Å². The van der Waals surface area contributed by atoms with Crippen LogP contribution in [0, 0.1) is 11.7 Å². The molecule has 0 spiro atoms. The average molecular weight is 778 g/mol. The van der Waals surface area contributed by atoms with E-state index >= 15 is 4.39 Å². The summed E-state index contributed by atoms with van der Waals surface area (Å²) < 4.78 is 22.3. The molecule has 2 atom stereocenters. The van der Waals surface area contributed by atoms with Gasteiger partial charge in [0.25, 0.3) is 5.91 Å². The fourth-order valence-corrected chi connectivity index (χ4v) is 9.32. The molecule has 13 heteroatoms. The van der Waals surface area contributed by atoms with Gasteiger partial charge in [-0.25, -0.2) is 4.39 Å². The summed E-state index contributed by atoms with van der Waals surface area (Å²) in [7, 11) is 3.34. The molecule has 57 heavy (non-hydrogen) atoms. The summed E-state index contributed by atoms with van der Waals surface area (Å²) in [5, 5.41) is 1.30. The third-order valence-corrected chi connectivity index (χ3v) is 11.7. The Hall–Kier alpha value is -5.17. The Morgan fingerprint density at radius 1 is 1.23 bits per heavy atom. The number of ether oxygens (including phenoxy) is 1. The molecule has 2 fully saturated rings. The van der Waals surface area contributed by atoms with E-state index in [0.717, 1.165) is 55.5 Å². The highest BCUT2D eigenvalue weighted by Gasteiger charge is 2.48. The number of allylic oxidation sites excluding steroid dienone is 4. The van der Waals surface area contributed by atoms with Crippen LogP contribution in [0.2, 0.25) is 0 Å². The first-order valence-electron chi connectivity index (χ1n) is 20.3. The number of nitrogens with zero attached hydrogens (tertiary/aromatic N) is 7. The zero-order valence-electron chi connectivity index (χ0n) is 34.6. The van der Waals surface area contributed by atoms with Gasteiger partial charge in [-0.3, -0.25) is 24.5 Å². The van der Waals surface area contributed by atoms with E-state index in [1.54, 1.807) is 26.2 Å². The maximum atomic E-state index is 15.6. The molecule has 2 saturated heterocycles. The Bertz CT molecular complexity index is 2320. The monoisotopic (exact) mass is 777 g/mol. The minimum absolute atomic E-state index is 0.0622. The van der Waals surface area contributed by atoms with E-state index in [0.29, 0.717) is 89.1 Å². The first-order chi connectivity index (χ1) is 27.2. The number of hydrogen-bond donors (Lipinski definition) is 2. The Balaban J connectivity index is 1.47. The summed E-state index contributed by atoms with van der Waals surface area (Å²) in [5.41, 5.74) is 12.1. The number of carbonyl (C=O) groups excluding carboxylic acids is 1. The van der Waals surface area contributed by atoms with Gasteiger partial charge in [-0.2, -0.15) is 9.97 Å². The number of aromatic nitrogens is 3. The van der Waals surface area contributed by atoms with Gasteiger partial charge in [0, 0.05) is 62.4 Å². The van der Waals surface area contributed by atoms with Crippen molar-refractivity contribution >= 4 is 50.6 Å². The van der Waals surface area contributed by atoms with E-state index in [9.17, 15) is 9.59 Å². The molecule has 3 N–H and O–H groups in total. The molecule has 1 aliphatic carbocycles. The van der Waals surface area contributed by atoms with Crippen LogP contribution in [-0.2, 0) is 11.2 Å². The van der Waals surface area contributed by atoms with Gasteiger partial charge in [0.05, 0.1) is 46.2 Å². The van der Waals surface area contributed by atoms with Crippen molar-refractivity contribution in [1.82, 2.24) is 24.8 Å². The number of nitrogens with one attached hydrogen (secondary N) is 1. The lowest BCUT2D eigenvalue weighted by molar-refractivity contribution is -0.124. The number of likely N-dealkylation sites (N-methyl/N-ethyl adjacent to an activating group) is 1. The number of carbonyl (C=O) groups is 1. The van der Waals surface area contributed by atoms with Crippen LogP contribution in [0.4, 0.5) is 10.2 Å². The van der Waals surface area contributed by atoms with Crippen LogP contribution < -0.4 is 20.9 Å². The van der Waals surface area contributed by atoms with Crippen LogP contribution >= 0.6 is 0 Å². The zero-order chi connectivity index (χ0) is 40.8. The van der Waals surface area contributed by atoms with E-state index in [1.165, 1.54) is 17.0 Å². The minimum Gasteiger partial charge on any atom is -0.461 e. The van der Waals surface area contributed by atoms with Gasteiger partial charge in [0.2, 0.25) is 5.56 Å². The fraction of sp³-hybridized carbons (Fsp3) is 0.500. The number of nitrogens with two attached hydrogens (primary N) is 1. The Morgan fingerprint density at radius 3 is 2.74 bits per heavy atom. The van der Waals surface area contributed by atoms with Crippen LogP contribution in [0.25, 0.3) is 27.5 Å². The second-order valence-corrected chi connectivity index (χ2v) is 16.5. The summed E-state index contributed by atoms with van der Waals surface area (Å²) in [6, 6.07) is 4.75. The van der Waals surface area contributed by atoms with Crippen LogP contribution in [-0.4, -0.2) is 107 Å². The SMILES string of the molecule is C/C=C1\C(=NC(C)C)C(c2[nH]c(=O)cc3ccc(F)c(CC)c23)=C(C)c2nc(OCC34CCCN3CC(C)C4)nc(N3CCCN=C(/C=C(\N)C(=O)N(C)C)C3)c21. The molecular weight excluding hydrogens is 722 g/mol. The molecular formula is C44H56FN9O3. The molecule has 1 aromatic carbocycles. The Labute approximate surface area is 334 Å². The van der Waals surface area contributed by atoms with E-state index in [2.05, 4.69) is 21.7 Å². The van der Waals surface area contributed by atoms with Crippen LogP contribution in [0.3, 0.4) is 0 Å². The van der Waals surface area contributed by atoms with Gasteiger partial charge in [-0.1, -0.05) is 26.0 Å². The largest absolute Gasteiger partial charge is 0.461 e. The lowest BCUT2D eigenvalue weighted by Crippen LogP contribution is -2.43. The molecule has 3 aliphatic heterocycles. The lowest BCUT2D eigenvalue weighted by atomic mass is 9.80. The molecule has 5 heterocycles. The maximum absolute atomic E-state index is 15.6. The highest BCUT2D eigenvalue weighted by Crippen LogP contribution is 2.46. The van der Waals surface area contributed by atoms with Crippen molar-refractivity contribution in [3.05, 3.63) is 74.7 Å². The number of anilines is 1. The van der Waals surface area contributed by atoms with Gasteiger partial charge >= 0.3 is 6.01 Å². The van der Waals surface area contributed by atoms with Crippen molar-refractivity contribution in [2.24, 2.45) is 21.6 Å². The Kier molecular flexibility index (Phi) is 11.2. The van der Waals surface area contributed by atoms with E-state index in [1.807, 2.05) is 40.7 Å². The predicted molar refractivity (Wildman–Crippen MR) is 228 cm³/mol.